The van der Waals surface area contributed by atoms with E-state index in [1.807, 2.05) is 29.2 Å². The molecule has 212 valence electrons. The van der Waals surface area contributed by atoms with Gasteiger partial charge in [-0.1, -0.05) is 17.7 Å². The Hall–Kier alpha value is -3.64. The molecule has 2 aliphatic heterocycles. The van der Waals surface area contributed by atoms with Gasteiger partial charge >= 0.3 is 12.1 Å². The third kappa shape index (κ3) is 5.50. The number of aliphatic imine (C=N–C) groups is 1. The number of thiophene rings is 1. The largest absolute Gasteiger partial charge is 0.497 e. The fourth-order valence-electron chi connectivity index (χ4n) is 4.98. The molecule has 1 N–H and O–H groups in total. The number of fused-ring (bicyclic) bond motifs is 1. The predicted molar refractivity (Wildman–Crippen MR) is 149 cm³/mol. The minimum absolute atomic E-state index is 0.0766. The summed E-state index contributed by atoms with van der Waals surface area (Å²) in [4.78, 5) is 23.1. The van der Waals surface area contributed by atoms with Crippen LogP contribution in [0.15, 0.2) is 53.5 Å². The highest BCUT2D eigenvalue weighted by atomic mass is 35.5. The fraction of sp³-hybridized carbons (Fsp3) is 0.333. The van der Waals surface area contributed by atoms with Gasteiger partial charge in [-0.3, -0.25) is 9.69 Å². The Bertz CT molecular complexity index is 1440. The number of aliphatic carboxylic acids is 1. The third-order valence-corrected chi connectivity index (χ3v) is 8.23. The number of alkyl halides is 3. The summed E-state index contributed by atoms with van der Waals surface area (Å²) in [6.07, 6.45) is -5.00. The Balaban J connectivity index is 1.57. The number of ether oxygens (including phenoxy) is 2. The van der Waals surface area contributed by atoms with Crippen LogP contribution in [0.1, 0.15) is 22.9 Å². The van der Waals surface area contributed by atoms with Gasteiger partial charge in [-0.15, -0.1) is 11.3 Å². The molecule has 0 radical (unpaired) electrons. The molecule has 0 saturated carbocycles. The number of hydrogen-bond donors (Lipinski definition) is 1. The normalized spacial score (nSPS) is 17.4. The topological polar surface area (TPSA) is 77.8 Å². The SMILES string of the molecule is COc1cccc(N2CCN(C3=Nc4cc(Cl)sc4[C@H](CC(=O)O)N3c3cc(C(F)(F)F)ccc3OC)CC2)c1. The van der Waals surface area contributed by atoms with Crippen LogP contribution >= 0.6 is 22.9 Å². The van der Waals surface area contributed by atoms with Crippen molar-refractivity contribution in [1.29, 1.82) is 0 Å². The van der Waals surface area contributed by atoms with Gasteiger partial charge in [-0.2, -0.15) is 13.2 Å². The van der Waals surface area contributed by atoms with Crippen molar-refractivity contribution in [3.8, 4) is 11.5 Å². The summed E-state index contributed by atoms with van der Waals surface area (Å²) in [7, 11) is 2.97. The maximum Gasteiger partial charge on any atom is 0.416 e. The highest BCUT2D eigenvalue weighted by molar-refractivity contribution is 7.16. The minimum atomic E-state index is -4.61. The van der Waals surface area contributed by atoms with Gasteiger partial charge in [0.2, 0.25) is 5.96 Å². The average molecular weight is 595 g/mol. The molecule has 0 amide bonds. The van der Waals surface area contributed by atoms with E-state index in [1.54, 1.807) is 18.1 Å². The van der Waals surface area contributed by atoms with Crippen molar-refractivity contribution in [3.05, 3.63) is 63.3 Å². The molecule has 2 aromatic carbocycles. The van der Waals surface area contributed by atoms with Crippen molar-refractivity contribution in [1.82, 2.24) is 4.90 Å². The molecule has 2 aliphatic rings. The molecule has 0 aliphatic carbocycles. The van der Waals surface area contributed by atoms with Crippen LogP contribution in [0.25, 0.3) is 0 Å². The summed E-state index contributed by atoms with van der Waals surface area (Å²) < 4.78 is 52.6. The summed E-state index contributed by atoms with van der Waals surface area (Å²) in [5, 5.41) is 9.84. The van der Waals surface area contributed by atoms with E-state index in [0.29, 0.717) is 47.0 Å². The summed E-state index contributed by atoms with van der Waals surface area (Å²) in [6.45, 7) is 2.17. The van der Waals surface area contributed by atoms with Crippen LogP contribution in [0.5, 0.6) is 11.5 Å². The zero-order valence-corrected chi connectivity index (χ0v) is 23.2. The van der Waals surface area contributed by atoms with Gasteiger partial charge in [0, 0.05) is 37.9 Å². The molecule has 5 rings (SSSR count). The van der Waals surface area contributed by atoms with E-state index >= 15 is 0 Å². The molecule has 3 heterocycles. The second kappa shape index (κ2) is 11.1. The number of anilines is 2. The highest BCUT2D eigenvalue weighted by Gasteiger charge is 2.40. The fourth-order valence-corrected chi connectivity index (χ4v) is 6.25. The molecule has 13 heteroatoms. The zero-order valence-electron chi connectivity index (χ0n) is 21.6. The van der Waals surface area contributed by atoms with Crippen molar-refractivity contribution in [2.75, 3.05) is 50.2 Å². The first-order valence-electron chi connectivity index (χ1n) is 12.4. The van der Waals surface area contributed by atoms with E-state index in [-0.39, 0.29) is 17.9 Å². The second-order valence-corrected chi connectivity index (χ2v) is 11.0. The van der Waals surface area contributed by atoms with Crippen LogP contribution in [-0.4, -0.2) is 62.3 Å². The second-order valence-electron chi connectivity index (χ2n) is 9.26. The zero-order chi connectivity index (χ0) is 28.6. The van der Waals surface area contributed by atoms with E-state index in [9.17, 15) is 23.1 Å². The molecular weight excluding hydrogens is 569 g/mol. The number of benzene rings is 2. The lowest BCUT2D eigenvalue weighted by molar-refractivity contribution is -0.138. The van der Waals surface area contributed by atoms with Gasteiger partial charge in [0.15, 0.2) is 0 Å². The number of carbonyl (C=O) groups is 1. The Morgan fingerprint density at radius 3 is 2.45 bits per heavy atom. The minimum Gasteiger partial charge on any atom is -0.497 e. The van der Waals surface area contributed by atoms with Crippen molar-refractivity contribution >= 4 is 51.9 Å². The lowest BCUT2D eigenvalue weighted by Gasteiger charge is -2.44. The number of piperazine rings is 1. The number of methoxy groups -OCH3 is 2. The summed E-state index contributed by atoms with van der Waals surface area (Å²) >= 11 is 7.48. The Morgan fingerprint density at radius 1 is 1.07 bits per heavy atom. The molecule has 0 bridgehead atoms. The lowest BCUT2D eigenvalue weighted by Crippen LogP contribution is -2.55. The van der Waals surface area contributed by atoms with Gasteiger partial charge in [0.25, 0.3) is 0 Å². The Labute approximate surface area is 237 Å². The highest BCUT2D eigenvalue weighted by Crippen LogP contribution is 2.49. The van der Waals surface area contributed by atoms with E-state index in [4.69, 9.17) is 26.1 Å². The monoisotopic (exact) mass is 594 g/mol. The third-order valence-electron chi connectivity index (χ3n) is 6.88. The molecule has 3 aromatic rings. The molecular formula is C27H26ClF3N4O4S. The summed E-state index contributed by atoms with van der Waals surface area (Å²) in [5.41, 5.74) is 0.688. The first kappa shape index (κ1) is 27.9. The number of rotatable bonds is 6. The molecule has 1 saturated heterocycles. The van der Waals surface area contributed by atoms with Crippen molar-refractivity contribution < 1.29 is 32.5 Å². The standard InChI is InChI=1S/C27H26ClF3N4O4S/c1-38-18-5-3-4-17(13-18)33-8-10-34(11-9-33)26-32-19-14-23(28)40-25(19)21(15-24(36)37)35(26)20-12-16(27(29,30)31)6-7-22(20)39-2/h3-7,12-14,21H,8-11,15H2,1-2H3,(H,36,37)/t21-/m0/s1. The van der Waals surface area contributed by atoms with Crippen LogP contribution in [0.2, 0.25) is 4.34 Å². The van der Waals surface area contributed by atoms with E-state index < -0.39 is 23.8 Å². The number of halogens is 4. The van der Waals surface area contributed by atoms with E-state index in [0.717, 1.165) is 34.9 Å². The van der Waals surface area contributed by atoms with Crippen LogP contribution in [0, 0.1) is 0 Å². The number of nitrogens with zero attached hydrogens (tertiary/aromatic N) is 4. The lowest BCUT2D eigenvalue weighted by atomic mass is 10.0. The van der Waals surface area contributed by atoms with E-state index in [2.05, 4.69) is 4.90 Å². The average Bonchev–Trinajstić information content (AvgIpc) is 3.32. The van der Waals surface area contributed by atoms with Crippen molar-refractivity contribution in [2.45, 2.75) is 18.6 Å². The van der Waals surface area contributed by atoms with Crippen molar-refractivity contribution in [3.63, 3.8) is 0 Å². The smallest absolute Gasteiger partial charge is 0.416 e. The molecule has 1 aromatic heterocycles. The quantitative estimate of drug-likeness (QED) is 0.360. The first-order valence-corrected chi connectivity index (χ1v) is 13.6. The number of hydrogen-bond acceptors (Lipinski definition) is 8. The van der Waals surface area contributed by atoms with Crippen LogP contribution in [-0.2, 0) is 11.0 Å². The van der Waals surface area contributed by atoms with Gasteiger partial charge in [-0.05, 0) is 36.4 Å². The number of carboxylic acid groups (broad SMARTS) is 1. The maximum atomic E-state index is 13.8. The van der Waals surface area contributed by atoms with Gasteiger partial charge < -0.3 is 24.4 Å². The Morgan fingerprint density at radius 2 is 1.80 bits per heavy atom. The Kier molecular flexibility index (Phi) is 7.74. The molecule has 1 fully saturated rings. The molecule has 0 unspecified atom stereocenters. The van der Waals surface area contributed by atoms with Crippen LogP contribution in [0.4, 0.5) is 30.2 Å². The number of carboxylic acids is 1. The maximum absolute atomic E-state index is 13.8. The van der Waals surface area contributed by atoms with Crippen molar-refractivity contribution in [2.24, 2.45) is 4.99 Å². The molecule has 1 atom stereocenters. The summed E-state index contributed by atoms with van der Waals surface area (Å²) in [6, 6.07) is 11.7. The molecule has 40 heavy (non-hydrogen) atoms. The number of guanidine groups is 1. The first-order chi connectivity index (χ1) is 19.1. The molecule has 8 nitrogen and oxygen atoms in total. The van der Waals surface area contributed by atoms with Gasteiger partial charge in [-0.25, -0.2) is 4.99 Å². The van der Waals surface area contributed by atoms with Crippen LogP contribution in [0.3, 0.4) is 0 Å². The van der Waals surface area contributed by atoms with E-state index in [1.165, 1.54) is 13.2 Å². The van der Waals surface area contributed by atoms with Gasteiger partial charge in [0.05, 0.1) is 52.8 Å². The van der Waals surface area contributed by atoms with Gasteiger partial charge in [0.1, 0.15) is 11.5 Å². The summed E-state index contributed by atoms with van der Waals surface area (Å²) in [5.74, 6) is 0.131. The molecule has 0 spiro atoms. The van der Waals surface area contributed by atoms with Crippen LogP contribution < -0.4 is 19.3 Å². The predicted octanol–water partition coefficient (Wildman–Crippen LogP) is 6.28.